The summed E-state index contributed by atoms with van der Waals surface area (Å²) in [5, 5.41) is 7.26. The van der Waals surface area contributed by atoms with Gasteiger partial charge in [0.2, 0.25) is 11.8 Å². The Bertz CT molecular complexity index is 944. The molecule has 2 aliphatic rings. The van der Waals surface area contributed by atoms with Gasteiger partial charge in [0.25, 0.3) is 0 Å². The molecule has 0 radical (unpaired) electrons. The Morgan fingerprint density at radius 2 is 1.10 bits per heavy atom. The third-order valence-electron chi connectivity index (χ3n) is 5.44. The predicted octanol–water partition coefficient (Wildman–Crippen LogP) is 6.32. The Balaban J connectivity index is 1.53. The number of carbonyl (C=O) groups is 2. The molecule has 4 nitrogen and oxygen atoms in total. The number of rotatable bonds is 4. The first-order valence-corrected chi connectivity index (χ1v) is 10.5. The molecule has 0 heterocycles. The first-order chi connectivity index (χ1) is 13.8. The Kier molecular flexibility index (Phi) is 5.80. The van der Waals surface area contributed by atoms with Crippen molar-refractivity contribution in [1.29, 1.82) is 0 Å². The topological polar surface area (TPSA) is 58.2 Å². The first-order valence-electron chi connectivity index (χ1n) is 9.03. The normalized spacial score (nSPS) is 24.6. The highest BCUT2D eigenvalue weighted by Gasteiger charge is 2.51. The van der Waals surface area contributed by atoms with Crippen LogP contribution in [-0.2, 0) is 9.59 Å². The van der Waals surface area contributed by atoms with Crippen LogP contribution < -0.4 is 10.6 Å². The van der Waals surface area contributed by atoms with Crippen molar-refractivity contribution < 1.29 is 9.59 Å². The van der Waals surface area contributed by atoms with Gasteiger partial charge >= 0.3 is 0 Å². The second kappa shape index (κ2) is 8.19. The number of halogens is 4. The van der Waals surface area contributed by atoms with Crippen LogP contribution in [0.5, 0.6) is 0 Å². The van der Waals surface area contributed by atoms with Crippen LogP contribution in [0.1, 0.15) is 6.42 Å². The SMILES string of the molecule is O=C(Nc1ccc(Cl)c(Cl)c1)C1C2C=CC(C2)C1C(=O)Nc1ccc(Cl)c(Cl)c1. The van der Waals surface area contributed by atoms with E-state index in [4.69, 9.17) is 46.4 Å². The van der Waals surface area contributed by atoms with Crippen LogP contribution in [0.4, 0.5) is 11.4 Å². The van der Waals surface area contributed by atoms with Crippen molar-refractivity contribution in [3.05, 3.63) is 68.6 Å². The van der Waals surface area contributed by atoms with Gasteiger partial charge in [-0.2, -0.15) is 0 Å². The smallest absolute Gasteiger partial charge is 0.228 e. The van der Waals surface area contributed by atoms with Crippen molar-refractivity contribution in [2.75, 3.05) is 10.6 Å². The van der Waals surface area contributed by atoms with Gasteiger partial charge in [0.1, 0.15) is 0 Å². The van der Waals surface area contributed by atoms with E-state index in [1.807, 2.05) is 12.2 Å². The van der Waals surface area contributed by atoms with E-state index in [9.17, 15) is 9.59 Å². The van der Waals surface area contributed by atoms with Crippen molar-refractivity contribution >= 4 is 69.6 Å². The van der Waals surface area contributed by atoms with Gasteiger partial charge in [-0.25, -0.2) is 0 Å². The van der Waals surface area contributed by atoms with E-state index in [0.717, 1.165) is 6.42 Å². The molecular formula is C21H16Cl4N2O2. The Labute approximate surface area is 188 Å². The molecule has 2 bridgehead atoms. The standard InChI is InChI=1S/C21H16Cl4N2O2/c22-14-5-3-12(8-16(14)24)26-20(28)18-10-1-2-11(7-10)19(18)21(29)27-13-4-6-15(23)17(25)9-13/h1-6,8-11,18-19H,7H2,(H,26,28)(H,27,29). The third-order valence-corrected chi connectivity index (χ3v) is 6.92. The molecule has 4 rings (SSSR count). The van der Waals surface area contributed by atoms with Gasteiger partial charge in [0.05, 0.1) is 31.9 Å². The Morgan fingerprint density at radius 3 is 1.48 bits per heavy atom. The molecule has 4 atom stereocenters. The highest BCUT2D eigenvalue weighted by Crippen LogP contribution is 2.49. The van der Waals surface area contributed by atoms with Gasteiger partial charge in [-0.15, -0.1) is 0 Å². The molecule has 0 saturated heterocycles. The number of hydrogen-bond donors (Lipinski definition) is 2. The van der Waals surface area contributed by atoms with E-state index < -0.39 is 11.8 Å². The van der Waals surface area contributed by atoms with Crippen molar-refractivity contribution in [3.8, 4) is 0 Å². The molecule has 1 fully saturated rings. The average Bonchev–Trinajstić information content (AvgIpc) is 3.29. The fourth-order valence-corrected chi connectivity index (χ4v) is 4.73. The zero-order valence-electron chi connectivity index (χ0n) is 15.0. The fraction of sp³-hybridized carbons (Fsp3) is 0.238. The minimum atomic E-state index is -0.470. The lowest BCUT2D eigenvalue weighted by Gasteiger charge is -2.26. The van der Waals surface area contributed by atoms with E-state index in [1.165, 1.54) is 0 Å². The lowest BCUT2D eigenvalue weighted by Crippen LogP contribution is -2.39. The number of benzene rings is 2. The summed E-state index contributed by atoms with van der Waals surface area (Å²) in [6.07, 6.45) is 4.82. The Hall–Kier alpha value is -1.72. The van der Waals surface area contributed by atoms with Gasteiger partial charge in [-0.3, -0.25) is 9.59 Å². The van der Waals surface area contributed by atoms with E-state index in [2.05, 4.69) is 10.6 Å². The fourth-order valence-electron chi connectivity index (χ4n) is 4.14. The molecule has 2 aromatic carbocycles. The zero-order chi connectivity index (χ0) is 20.7. The number of carbonyl (C=O) groups excluding carboxylic acids is 2. The monoisotopic (exact) mass is 468 g/mol. The number of nitrogens with one attached hydrogen (secondary N) is 2. The molecule has 2 aromatic rings. The first kappa shape index (κ1) is 20.5. The van der Waals surface area contributed by atoms with Crippen LogP contribution >= 0.6 is 46.4 Å². The second-order valence-corrected chi connectivity index (χ2v) is 8.86. The molecule has 2 N–H and O–H groups in total. The molecule has 2 amide bonds. The summed E-state index contributed by atoms with van der Waals surface area (Å²) in [7, 11) is 0. The maximum absolute atomic E-state index is 13.0. The highest BCUT2D eigenvalue weighted by atomic mass is 35.5. The van der Waals surface area contributed by atoms with Crippen molar-refractivity contribution in [2.45, 2.75) is 6.42 Å². The number of amides is 2. The lowest BCUT2D eigenvalue weighted by atomic mass is 9.81. The van der Waals surface area contributed by atoms with Gasteiger partial charge < -0.3 is 10.6 Å². The van der Waals surface area contributed by atoms with Gasteiger partial charge in [-0.05, 0) is 54.7 Å². The number of allylic oxidation sites excluding steroid dienone is 2. The molecule has 29 heavy (non-hydrogen) atoms. The molecule has 150 valence electrons. The molecule has 1 saturated carbocycles. The summed E-state index contributed by atoms with van der Waals surface area (Å²) >= 11 is 23.9. The number of hydrogen-bond acceptors (Lipinski definition) is 2. The van der Waals surface area contributed by atoms with Crippen molar-refractivity contribution in [3.63, 3.8) is 0 Å². The maximum Gasteiger partial charge on any atom is 0.228 e. The Morgan fingerprint density at radius 1 is 0.690 bits per heavy atom. The second-order valence-electron chi connectivity index (χ2n) is 7.24. The van der Waals surface area contributed by atoms with E-state index in [0.29, 0.717) is 31.5 Å². The molecule has 0 aliphatic heterocycles. The third kappa shape index (κ3) is 4.13. The lowest BCUT2D eigenvalue weighted by molar-refractivity contribution is -0.129. The van der Waals surface area contributed by atoms with Gasteiger partial charge in [0.15, 0.2) is 0 Å². The average molecular weight is 470 g/mol. The highest BCUT2D eigenvalue weighted by molar-refractivity contribution is 6.42. The molecular weight excluding hydrogens is 454 g/mol. The molecule has 0 aromatic heterocycles. The van der Waals surface area contributed by atoms with Crippen LogP contribution in [0.25, 0.3) is 0 Å². The van der Waals surface area contributed by atoms with Gasteiger partial charge in [-0.1, -0.05) is 58.6 Å². The summed E-state index contributed by atoms with van der Waals surface area (Å²) in [4.78, 5) is 26.1. The predicted molar refractivity (Wildman–Crippen MR) is 118 cm³/mol. The maximum atomic E-state index is 13.0. The van der Waals surface area contributed by atoms with Crippen LogP contribution in [0, 0.1) is 23.7 Å². The van der Waals surface area contributed by atoms with Crippen LogP contribution in [0.3, 0.4) is 0 Å². The van der Waals surface area contributed by atoms with Crippen LogP contribution in [0.15, 0.2) is 48.6 Å². The molecule has 8 heteroatoms. The summed E-state index contributed by atoms with van der Waals surface area (Å²) in [5.74, 6) is -1.33. The zero-order valence-corrected chi connectivity index (χ0v) is 18.0. The largest absolute Gasteiger partial charge is 0.326 e. The summed E-state index contributed by atoms with van der Waals surface area (Å²) in [6.45, 7) is 0. The quantitative estimate of drug-likeness (QED) is 0.515. The van der Waals surface area contributed by atoms with E-state index >= 15 is 0 Å². The summed E-state index contributed by atoms with van der Waals surface area (Å²) in [5.41, 5.74) is 1.08. The molecule has 0 spiro atoms. The number of fused-ring (bicyclic) bond motifs is 2. The molecule has 2 aliphatic carbocycles. The minimum absolute atomic E-state index is 0.0207. The summed E-state index contributed by atoms with van der Waals surface area (Å²) in [6, 6.07) is 9.79. The van der Waals surface area contributed by atoms with Crippen molar-refractivity contribution in [2.24, 2.45) is 23.7 Å². The molecule has 4 unspecified atom stereocenters. The van der Waals surface area contributed by atoms with Gasteiger partial charge in [0, 0.05) is 11.4 Å². The van der Waals surface area contributed by atoms with Crippen LogP contribution in [-0.4, -0.2) is 11.8 Å². The van der Waals surface area contributed by atoms with Crippen LogP contribution in [0.2, 0.25) is 20.1 Å². The number of anilines is 2. The minimum Gasteiger partial charge on any atom is -0.326 e. The van der Waals surface area contributed by atoms with E-state index in [-0.39, 0.29) is 23.7 Å². The van der Waals surface area contributed by atoms with Crippen molar-refractivity contribution in [1.82, 2.24) is 0 Å². The summed E-state index contributed by atoms with van der Waals surface area (Å²) < 4.78 is 0. The van der Waals surface area contributed by atoms with E-state index in [1.54, 1.807) is 36.4 Å².